The van der Waals surface area contributed by atoms with E-state index in [1.54, 1.807) is 33.9 Å². The number of hydrazone groups is 1. The number of hydrogen-bond acceptors (Lipinski definition) is 9. The van der Waals surface area contributed by atoms with Gasteiger partial charge in [0.25, 0.3) is 5.56 Å². The monoisotopic (exact) mass is 533 g/mol. The number of hydrogen-bond donors (Lipinski definition) is 3. The number of aromatic nitrogens is 2. The zero-order chi connectivity index (χ0) is 28.3. The molecule has 2 aliphatic rings. The van der Waals surface area contributed by atoms with Crippen LogP contribution in [-0.4, -0.2) is 56.0 Å². The maximum Gasteiger partial charge on any atom is 0.343 e. The molecule has 3 aromatic rings. The van der Waals surface area contributed by atoms with Crippen molar-refractivity contribution in [2.24, 2.45) is 10.5 Å². The van der Waals surface area contributed by atoms with Crippen molar-refractivity contribution in [2.45, 2.75) is 52.9 Å². The third kappa shape index (κ3) is 4.00. The predicted octanol–water partition coefficient (Wildman–Crippen LogP) is 1.86. The third-order valence-electron chi connectivity index (χ3n) is 7.30. The standard InChI is InChI=1S/C28H31N5O6/c1-5-28(38)20-18(14-39-26(28)37)24(35)32-13-17-16(12-30-33(10-11-34)25(36)27(2,3)4)15-8-6-7-9-19(15)31-22(17)23(32)21(20)29/h6-9,12,34,38H,5,10-11,13-14,29H2,1-4H3/t28-/m0/s1. The number of nitrogens with two attached hydrogens (primary N) is 1. The summed E-state index contributed by atoms with van der Waals surface area (Å²) >= 11 is 0. The number of esters is 1. The van der Waals surface area contributed by atoms with Gasteiger partial charge in [0.15, 0.2) is 5.60 Å². The molecule has 0 radical (unpaired) electrons. The number of carbonyl (C=O) groups excluding carboxylic acids is 2. The van der Waals surface area contributed by atoms with Crippen LogP contribution in [0, 0.1) is 5.41 Å². The SMILES string of the molecule is CC[C@@]1(O)C(=O)OCc2c1c(N)c1n(c2=O)Cc2c-1nc1ccccc1c2C=NN(CCO)C(=O)C(C)(C)C. The number of pyridine rings is 2. The molecule has 11 nitrogen and oxygen atoms in total. The summed E-state index contributed by atoms with van der Waals surface area (Å²) in [6.45, 7) is 6.51. The number of aliphatic hydroxyl groups is 2. The zero-order valence-corrected chi connectivity index (χ0v) is 22.3. The Balaban J connectivity index is 1.75. The van der Waals surface area contributed by atoms with Gasteiger partial charge in [0, 0.05) is 27.5 Å². The summed E-state index contributed by atoms with van der Waals surface area (Å²) in [5.41, 5.74) is 6.37. The Hall–Kier alpha value is -4.09. The van der Waals surface area contributed by atoms with E-state index in [4.69, 9.17) is 15.5 Å². The number of amides is 1. The van der Waals surface area contributed by atoms with Gasteiger partial charge in [0.05, 0.1) is 54.1 Å². The van der Waals surface area contributed by atoms with Gasteiger partial charge in [-0.15, -0.1) is 0 Å². The van der Waals surface area contributed by atoms with Crippen molar-refractivity contribution in [1.82, 2.24) is 14.6 Å². The Labute approximate surface area is 224 Å². The van der Waals surface area contributed by atoms with Crippen molar-refractivity contribution >= 4 is 34.7 Å². The third-order valence-corrected chi connectivity index (χ3v) is 7.30. The molecular formula is C28H31N5O6. The molecule has 0 bridgehead atoms. The smallest absolute Gasteiger partial charge is 0.343 e. The van der Waals surface area contributed by atoms with Crippen molar-refractivity contribution in [3.05, 3.63) is 56.9 Å². The van der Waals surface area contributed by atoms with E-state index in [2.05, 4.69) is 5.10 Å². The van der Waals surface area contributed by atoms with Gasteiger partial charge in [-0.1, -0.05) is 45.9 Å². The first-order valence-electron chi connectivity index (χ1n) is 12.8. The molecule has 0 fully saturated rings. The lowest BCUT2D eigenvalue weighted by Crippen LogP contribution is -2.45. The molecule has 0 spiro atoms. The number of nitrogens with zero attached hydrogens (tertiary/aromatic N) is 4. The minimum atomic E-state index is -2.05. The highest BCUT2D eigenvalue weighted by atomic mass is 16.6. The highest BCUT2D eigenvalue weighted by Gasteiger charge is 2.47. The van der Waals surface area contributed by atoms with Gasteiger partial charge in [-0.3, -0.25) is 9.59 Å². The molecule has 0 aliphatic carbocycles. The number of carbonyl (C=O) groups is 2. The second-order valence-electron chi connectivity index (χ2n) is 10.8. The average molecular weight is 534 g/mol. The fourth-order valence-electron chi connectivity index (χ4n) is 5.25. The van der Waals surface area contributed by atoms with Crippen molar-refractivity contribution in [2.75, 3.05) is 18.9 Å². The number of fused-ring (bicyclic) bond motifs is 5. The first kappa shape index (κ1) is 26.5. The lowest BCUT2D eigenvalue weighted by Gasteiger charge is -2.33. The largest absolute Gasteiger partial charge is 0.458 e. The fourth-order valence-corrected chi connectivity index (χ4v) is 5.25. The van der Waals surface area contributed by atoms with E-state index in [9.17, 15) is 24.6 Å². The number of ether oxygens (including phenoxy) is 1. The second-order valence-corrected chi connectivity index (χ2v) is 10.8. The van der Waals surface area contributed by atoms with Gasteiger partial charge in [0.2, 0.25) is 5.91 Å². The average Bonchev–Trinajstić information content (AvgIpc) is 3.29. The van der Waals surface area contributed by atoms with E-state index < -0.39 is 22.5 Å². The number of nitrogen functional groups attached to an aromatic ring is 1. The summed E-state index contributed by atoms with van der Waals surface area (Å²) in [5.74, 6) is -1.11. The molecule has 2 aromatic heterocycles. The molecule has 204 valence electrons. The van der Waals surface area contributed by atoms with E-state index in [1.165, 1.54) is 9.58 Å². The van der Waals surface area contributed by atoms with E-state index >= 15 is 0 Å². The molecule has 11 heteroatoms. The van der Waals surface area contributed by atoms with Crippen molar-refractivity contribution in [3.63, 3.8) is 0 Å². The minimum absolute atomic E-state index is 0.0147. The number of benzene rings is 1. The Bertz CT molecular complexity index is 1620. The summed E-state index contributed by atoms with van der Waals surface area (Å²) in [5, 5.41) is 27.2. The molecule has 5 rings (SSSR count). The molecule has 39 heavy (non-hydrogen) atoms. The van der Waals surface area contributed by atoms with Crippen LogP contribution in [0.25, 0.3) is 22.3 Å². The lowest BCUT2D eigenvalue weighted by atomic mass is 9.84. The quantitative estimate of drug-likeness (QED) is 0.199. The zero-order valence-electron chi connectivity index (χ0n) is 22.3. The Morgan fingerprint density at radius 1 is 1.28 bits per heavy atom. The number of rotatable bonds is 5. The second kappa shape index (κ2) is 9.28. The van der Waals surface area contributed by atoms with Gasteiger partial charge < -0.3 is 25.3 Å². The van der Waals surface area contributed by atoms with Crippen LogP contribution in [-0.2, 0) is 33.1 Å². The Morgan fingerprint density at radius 3 is 2.67 bits per heavy atom. The van der Waals surface area contributed by atoms with Crippen LogP contribution in [0.15, 0.2) is 34.2 Å². The van der Waals surface area contributed by atoms with Crippen molar-refractivity contribution < 1.29 is 24.5 Å². The van der Waals surface area contributed by atoms with Gasteiger partial charge in [-0.2, -0.15) is 5.10 Å². The number of cyclic esters (lactones) is 1. The molecule has 0 saturated carbocycles. The Morgan fingerprint density at radius 2 is 2.00 bits per heavy atom. The highest BCUT2D eigenvalue weighted by Crippen LogP contribution is 2.44. The molecule has 1 aromatic carbocycles. The number of anilines is 1. The molecule has 0 unspecified atom stereocenters. The van der Waals surface area contributed by atoms with Gasteiger partial charge in [-0.05, 0) is 12.5 Å². The van der Waals surface area contributed by atoms with E-state index in [0.29, 0.717) is 28.0 Å². The van der Waals surface area contributed by atoms with Crippen LogP contribution in [0.3, 0.4) is 0 Å². The van der Waals surface area contributed by atoms with E-state index in [-0.39, 0.29) is 55.4 Å². The maximum absolute atomic E-state index is 13.7. The maximum atomic E-state index is 13.7. The molecule has 0 saturated heterocycles. The van der Waals surface area contributed by atoms with Crippen LogP contribution < -0.4 is 11.3 Å². The normalized spacial score (nSPS) is 18.2. The molecule has 1 atom stereocenters. The molecule has 1 amide bonds. The van der Waals surface area contributed by atoms with Crippen LogP contribution in [0.4, 0.5) is 5.69 Å². The Kier molecular flexibility index (Phi) is 6.31. The summed E-state index contributed by atoms with van der Waals surface area (Å²) in [6, 6.07) is 7.36. The van der Waals surface area contributed by atoms with Crippen LogP contribution in [0.5, 0.6) is 0 Å². The van der Waals surface area contributed by atoms with Crippen molar-refractivity contribution in [3.8, 4) is 11.4 Å². The van der Waals surface area contributed by atoms with Crippen LogP contribution in [0.1, 0.15) is 56.4 Å². The first-order valence-corrected chi connectivity index (χ1v) is 12.8. The van der Waals surface area contributed by atoms with Crippen LogP contribution in [0.2, 0.25) is 0 Å². The van der Waals surface area contributed by atoms with Crippen molar-refractivity contribution in [1.29, 1.82) is 0 Å². The lowest BCUT2D eigenvalue weighted by molar-refractivity contribution is -0.172. The highest BCUT2D eigenvalue weighted by molar-refractivity contribution is 6.03. The summed E-state index contributed by atoms with van der Waals surface area (Å²) in [6.07, 6.45) is 1.52. The predicted molar refractivity (Wildman–Crippen MR) is 145 cm³/mol. The topological polar surface area (TPSA) is 160 Å². The first-order chi connectivity index (χ1) is 18.4. The van der Waals surface area contributed by atoms with Crippen LogP contribution >= 0.6 is 0 Å². The van der Waals surface area contributed by atoms with E-state index in [1.807, 2.05) is 24.3 Å². The summed E-state index contributed by atoms with van der Waals surface area (Å²) in [7, 11) is 0. The summed E-state index contributed by atoms with van der Waals surface area (Å²) < 4.78 is 6.63. The summed E-state index contributed by atoms with van der Waals surface area (Å²) in [4.78, 5) is 44.0. The molecule has 4 N–H and O–H groups in total. The van der Waals surface area contributed by atoms with E-state index in [0.717, 1.165) is 5.39 Å². The fraction of sp³-hybridized carbons (Fsp3) is 0.393. The van der Waals surface area contributed by atoms with Gasteiger partial charge in [-0.25, -0.2) is 14.8 Å². The minimum Gasteiger partial charge on any atom is -0.458 e. The molecule has 4 heterocycles. The van der Waals surface area contributed by atoms with Gasteiger partial charge >= 0.3 is 5.97 Å². The molecule has 2 aliphatic heterocycles. The molecular weight excluding hydrogens is 502 g/mol. The number of aliphatic hydroxyl groups excluding tert-OH is 1. The van der Waals surface area contributed by atoms with Gasteiger partial charge in [0.1, 0.15) is 6.61 Å². The number of para-hydroxylation sites is 1.